The Balaban J connectivity index is 2.33. The van der Waals surface area contributed by atoms with Gasteiger partial charge in [-0.25, -0.2) is 0 Å². The fourth-order valence-electron chi connectivity index (χ4n) is 1.31. The summed E-state index contributed by atoms with van der Waals surface area (Å²) in [7, 11) is 0. The van der Waals surface area contributed by atoms with Crippen LogP contribution in [0.5, 0.6) is 0 Å². The Morgan fingerprint density at radius 2 is 2.50 bits per heavy atom. The van der Waals surface area contributed by atoms with Crippen molar-refractivity contribution in [1.29, 1.82) is 0 Å². The Bertz CT molecular complexity index is 151. The summed E-state index contributed by atoms with van der Waals surface area (Å²) in [5.41, 5.74) is 1.07. The van der Waals surface area contributed by atoms with Crippen LogP contribution in [0.1, 0.15) is 26.7 Å². The highest BCUT2D eigenvalue weighted by Crippen LogP contribution is 2.15. The molecule has 3 nitrogen and oxygen atoms in total. The molecule has 1 heterocycles. The van der Waals surface area contributed by atoms with Gasteiger partial charge in [0.2, 0.25) is 0 Å². The molecule has 0 aliphatic carbocycles. The molecule has 70 valence electrons. The lowest BCUT2D eigenvalue weighted by Gasteiger charge is -2.21. The van der Waals surface area contributed by atoms with Crippen LogP contribution in [0.4, 0.5) is 0 Å². The molecule has 1 unspecified atom stereocenters. The lowest BCUT2D eigenvalue weighted by molar-refractivity contribution is 0.0738. The topological polar surface area (TPSA) is 30.8 Å². The molecule has 0 aromatic heterocycles. The Morgan fingerprint density at radius 1 is 1.67 bits per heavy atom. The van der Waals surface area contributed by atoms with E-state index in [4.69, 9.17) is 9.57 Å². The summed E-state index contributed by atoms with van der Waals surface area (Å²) in [5.74, 6) is 0.477. The molecule has 0 amide bonds. The van der Waals surface area contributed by atoms with Crippen molar-refractivity contribution in [3.05, 3.63) is 0 Å². The average molecular weight is 171 g/mol. The zero-order chi connectivity index (χ0) is 8.81. The van der Waals surface area contributed by atoms with Crippen LogP contribution in [0.25, 0.3) is 0 Å². The van der Waals surface area contributed by atoms with Gasteiger partial charge in [0.05, 0.1) is 12.3 Å². The summed E-state index contributed by atoms with van der Waals surface area (Å²) in [6, 6.07) is 0. The summed E-state index contributed by atoms with van der Waals surface area (Å²) in [6.07, 6.45) is 2.33. The summed E-state index contributed by atoms with van der Waals surface area (Å²) < 4.78 is 5.35. The standard InChI is InChI=1S/C9H17NO2/c1-3-12-10-8(2)9-5-4-6-11-7-9/h9H,3-7H2,1-2H3/b10-8+. The molecule has 1 atom stereocenters. The van der Waals surface area contributed by atoms with Crippen molar-refractivity contribution in [2.24, 2.45) is 11.1 Å². The van der Waals surface area contributed by atoms with Gasteiger partial charge >= 0.3 is 0 Å². The van der Waals surface area contributed by atoms with Gasteiger partial charge in [0.25, 0.3) is 0 Å². The van der Waals surface area contributed by atoms with Crippen molar-refractivity contribution in [3.8, 4) is 0 Å². The quantitative estimate of drug-likeness (QED) is 0.479. The average Bonchev–Trinajstić information content (AvgIpc) is 2.15. The SMILES string of the molecule is CCO/N=C(\C)C1CCCOC1. The van der Waals surface area contributed by atoms with Gasteiger partial charge in [-0.1, -0.05) is 5.16 Å². The molecular weight excluding hydrogens is 154 g/mol. The van der Waals surface area contributed by atoms with E-state index in [0.29, 0.717) is 12.5 Å². The molecule has 12 heavy (non-hydrogen) atoms. The van der Waals surface area contributed by atoms with Crippen LogP contribution in [-0.2, 0) is 9.57 Å². The predicted octanol–water partition coefficient (Wildman–Crippen LogP) is 1.83. The van der Waals surface area contributed by atoms with E-state index in [-0.39, 0.29) is 0 Å². The maximum Gasteiger partial charge on any atom is 0.114 e. The van der Waals surface area contributed by atoms with E-state index >= 15 is 0 Å². The first kappa shape index (κ1) is 9.52. The van der Waals surface area contributed by atoms with Gasteiger partial charge in [0.15, 0.2) is 0 Å². The van der Waals surface area contributed by atoms with E-state index in [9.17, 15) is 0 Å². The van der Waals surface area contributed by atoms with E-state index < -0.39 is 0 Å². The maximum absolute atomic E-state index is 5.35. The monoisotopic (exact) mass is 171 g/mol. The third-order valence-electron chi connectivity index (χ3n) is 2.09. The molecule has 3 heteroatoms. The molecule has 1 rings (SSSR count). The van der Waals surface area contributed by atoms with Crippen LogP contribution < -0.4 is 0 Å². The first-order chi connectivity index (χ1) is 5.84. The van der Waals surface area contributed by atoms with Crippen LogP contribution in [0.3, 0.4) is 0 Å². The molecule has 1 fully saturated rings. The molecular formula is C9H17NO2. The fraction of sp³-hybridized carbons (Fsp3) is 0.889. The third-order valence-corrected chi connectivity index (χ3v) is 2.09. The van der Waals surface area contributed by atoms with E-state index in [2.05, 4.69) is 5.16 Å². The highest BCUT2D eigenvalue weighted by molar-refractivity contribution is 5.84. The molecule has 0 radical (unpaired) electrons. The predicted molar refractivity (Wildman–Crippen MR) is 48.3 cm³/mol. The molecule has 0 saturated carbocycles. The summed E-state index contributed by atoms with van der Waals surface area (Å²) in [4.78, 5) is 4.98. The number of hydrogen-bond donors (Lipinski definition) is 0. The lowest BCUT2D eigenvalue weighted by Crippen LogP contribution is -2.23. The largest absolute Gasteiger partial charge is 0.396 e. The van der Waals surface area contributed by atoms with E-state index in [0.717, 1.165) is 25.3 Å². The molecule has 0 spiro atoms. The Kier molecular flexibility index (Phi) is 4.08. The number of hydrogen-bond acceptors (Lipinski definition) is 3. The summed E-state index contributed by atoms with van der Waals surface area (Å²) >= 11 is 0. The summed E-state index contributed by atoms with van der Waals surface area (Å²) in [6.45, 7) is 6.30. The van der Waals surface area contributed by atoms with Crippen molar-refractivity contribution in [2.75, 3.05) is 19.8 Å². The molecule has 0 aromatic carbocycles. The van der Waals surface area contributed by atoms with Gasteiger partial charge in [-0.05, 0) is 26.7 Å². The molecule has 0 aromatic rings. The zero-order valence-electron chi connectivity index (χ0n) is 7.88. The van der Waals surface area contributed by atoms with Gasteiger partial charge < -0.3 is 9.57 Å². The van der Waals surface area contributed by atoms with E-state index in [1.807, 2.05) is 13.8 Å². The molecule has 0 bridgehead atoms. The summed E-state index contributed by atoms with van der Waals surface area (Å²) in [5, 5.41) is 4.00. The van der Waals surface area contributed by atoms with Crippen LogP contribution in [-0.4, -0.2) is 25.5 Å². The highest BCUT2D eigenvalue weighted by Gasteiger charge is 2.16. The van der Waals surface area contributed by atoms with Crippen LogP contribution in [0.15, 0.2) is 5.16 Å². The smallest absolute Gasteiger partial charge is 0.114 e. The number of oxime groups is 1. The van der Waals surface area contributed by atoms with Crippen molar-refractivity contribution < 1.29 is 9.57 Å². The van der Waals surface area contributed by atoms with Crippen molar-refractivity contribution in [2.45, 2.75) is 26.7 Å². The van der Waals surface area contributed by atoms with Crippen LogP contribution in [0, 0.1) is 5.92 Å². The lowest BCUT2D eigenvalue weighted by atomic mass is 9.98. The minimum absolute atomic E-state index is 0.477. The first-order valence-corrected chi connectivity index (χ1v) is 4.58. The van der Waals surface area contributed by atoms with E-state index in [1.54, 1.807) is 0 Å². The van der Waals surface area contributed by atoms with Crippen LogP contribution in [0.2, 0.25) is 0 Å². The minimum atomic E-state index is 0.477. The van der Waals surface area contributed by atoms with Crippen LogP contribution >= 0.6 is 0 Å². The second-order valence-corrected chi connectivity index (χ2v) is 3.06. The van der Waals surface area contributed by atoms with Crippen molar-refractivity contribution >= 4 is 5.71 Å². The highest BCUT2D eigenvalue weighted by atomic mass is 16.6. The molecule has 1 aliphatic rings. The Morgan fingerprint density at radius 3 is 3.08 bits per heavy atom. The number of rotatable bonds is 3. The van der Waals surface area contributed by atoms with Gasteiger partial charge in [0.1, 0.15) is 6.61 Å². The minimum Gasteiger partial charge on any atom is -0.396 e. The zero-order valence-corrected chi connectivity index (χ0v) is 7.88. The van der Waals surface area contributed by atoms with Gasteiger partial charge in [-0.3, -0.25) is 0 Å². The molecule has 1 saturated heterocycles. The second kappa shape index (κ2) is 5.14. The fourth-order valence-corrected chi connectivity index (χ4v) is 1.31. The van der Waals surface area contributed by atoms with Gasteiger partial charge in [0, 0.05) is 12.5 Å². The van der Waals surface area contributed by atoms with Crippen molar-refractivity contribution in [3.63, 3.8) is 0 Å². The second-order valence-electron chi connectivity index (χ2n) is 3.06. The van der Waals surface area contributed by atoms with Gasteiger partial charge in [-0.2, -0.15) is 0 Å². The normalized spacial score (nSPS) is 25.5. The maximum atomic E-state index is 5.35. The van der Waals surface area contributed by atoms with Crippen molar-refractivity contribution in [1.82, 2.24) is 0 Å². The van der Waals surface area contributed by atoms with Gasteiger partial charge in [-0.15, -0.1) is 0 Å². The Labute approximate surface area is 73.7 Å². The number of nitrogens with zero attached hydrogens (tertiary/aromatic N) is 1. The molecule has 1 aliphatic heterocycles. The molecule has 0 N–H and O–H groups in total. The Hall–Kier alpha value is -0.570. The van der Waals surface area contributed by atoms with E-state index in [1.165, 1.54) is 6.42 Å². The number of ether oxygens (including phenoxy) is 1. The third kappa shape index (κ3) is 2.81. The first-order valence-electron chi connectivity index (χ1n) is 4.58.